The van der Waals surface area contributed by atoms with Gasteiger partial charge in [-0.25, -0.2) is 0 Å². The molecule has 2 amide bonds. The molecule has 1 unspecified atom stereocenters. The second kappa shape index (κ2) is 6.18. The summed E-state index contributed by atoms with van der Waals surface area (Å²) in [6, 6.07) is 7.09. The van der Waals surface area contributed by atoms with E-state index >= 15 is 0 Å². The molecule has 114 valence electrons. The van der Waals surface area contributed by atoms with Crippen molar-refractivity contribution in [3.63, 3.8) is 0 Å². The van der Waals surface area contributed by atoms with Gasteiger partial charge in [-0.3, -0.25) is 14.5 Å². The van der Waals surface area contributed by atoms with Gasteiger partial charge in [0.05, 0.1) is 5.69 Å². The van der Waals surface area contributed by atoms with Crippen LogP contribution in [0, 0.1) is 0 Å². The molecule has 1 aliphatic rings. The molecule has 1 atom stereocenters. The Balaban J connectivity index is 2.55. The Hall–Kier alpha value is -1.36. The summed E-state index contributed by atoms with van der Waals surface area (Å²) in [5.41, 5.74) is -0.0339. The van der Waals surface area contributed by atoms with Gasteiger partial charge in [0.2, 0.25) is 5.91 Å². The van der Waals surface area contributed by atoms with E-state index in [1.54, 1.807) is 4.90 Å². The number of halogens is 1. The molecule has 0 radical (unpaired) electrons. The molecule has 21 heavy (non-hydrogen) atoms. The number of para-hydroxylation sites is 1. The summed E-state index contributed by atoms with van der Waals surface area (Å²) in [4.78, 5) is 27.2. The summed E-state index contributed by atoms with van der Waals surface area (Å²) < 4.78 is 0.826. The van der Waals surface area contributed by atoms with E-state index in [-0.39, 0.29) is 11.8 Å². The van der Waals surface area contributed by atoms with Gasteiger partial charge >= 0.3 is 0 Å². The SMILES string of the molecule is CCC1C(=O)NC(CC)(CC)C(=O)N1c1ccccc1Br. The molecule has 1 heterocycles. The summed E-state index contributed by atoms with van der Waals surface area (Å²) in [5.74, 6) is -0.0950. The molecule has 1 aromatic carbocycles. The van der Waals surface area contributed by atoms with E-state index in [0.717, 1.165) is 10.2 Å². The normalized spacial score (nSPS) is 21.3. The molecule has 1 N–H and O–H groups in total. The summed E-state index contributed by atoms with van der Waals surface area (Å²) in [6.45, 7) is 5.80. The molecule has 5 heteroatoms. The van der Waals surface area contributed by atoms with Crippen molar-refractivity contribution in [3.8, 4) is 0 Å². The first-order chi connectivity index (χ1) is 10.0. The second-order valence-electron chi connectivity index (χ2n) is 5.33. The van der Waals surface area contributed by atoms with E-state index in [9.17, 15) is 9.59 Å². The van der Waals surface area contributed by atoms with E-state index < -0.39 is 11.6 Å². The molecule has 1 aliphatic heterocycles. The number of hydrogen-bond donors (Lipinski definition) is 1. The Kier molecular flexibility index (Phi) is 4.71. The van der Waals surface area contributed by atoms with Crippen molar-refractivity contribution in [2.45, 2.75) is 51.6 Å². The molecule has 0 aromatic heterocycles. The number of nitrogens with zero attached hydrogens (tertiary/aromatic N) is 1. The smallest absolute Gasteiger partial charge is 0.253 e. The lowest BCUT2D eigenvalue weighted by atomic mass is 9.86. The Morgan fingerprint density at radius 1 is 1.19 bits per heavy atom. The van der Waals surface area contributed by atoms with Crippen molar-refractivity contribution < 1.29 is 9.59 Å². The van der Waals surface area contributed by atoms with E-state index in [4.69, 9.17) is 0 Å². The highest BCUT2D eigenvalue weighted by Gasteiger charge is 2.49. The van der Waals surface area contributed by atoms with Crippen LogP contribution in [0.3, 0.4) is 0 Å². The molecule has 0 bridgehead atoms. The zero-order valence-electron chi connectivity index (χ0n) is 12.6. The standard InChI is InChI=1S/C16H21BrN2O2/c1-4-12-14(20)18-16(5-2,6-3)15(21)19(12)13-10-8-7-9-11(13)17/h7-10,12H,4-6H2,1-3H3,(H,18,20). The first kappa shape index (κ1) is 16.0. The van der Waals surface area contributed by atoms with Crippen LogP contribution in [0.2, 0.25) is 0 Å². The number of piperazine rings is 1. The first-order valence-corrected chi connectivity index (χ1v) is 8.20. The number of carbonyl (C=O) groups excluding carboxylic acids is 2. The topological polar surface area (TPSA) is 49.4 Å². The number of hydrogen-bond acceptors (Lipinski definition) is 2. The number of carbonyl (C=O) groups is 2. The van der Waals surface area contributed by atoms with Crippen molar-refractivity contribution in [1.29, 1.82) is 0 Å². The third-order valence-electron chi connectivity index (χ3n) is 4.31. The predicted octanol–water partition coefficient (Wildman–Crippen LogP) is 3.25. The lowest BCUT2D eigenvalue weighted by molar-refractivity contribution is -0.138. The third kappa shape index (κ3) is 2.59. The van der Waals surface area contributed by atoms with Crippen molar-refractivity contribution in [1.82, 2.24) is 5.32 Å². The molecule has 1 aromatic rings. The Morgan fingerprint density at radius 2 is 1.81 bits per heavy atom. The zero-order chi connectivity index (χ0) is 15.6. The van der Waals surface area contributed by atoms with Crippen molar-refractivity contribution in [2.75, 3.05) is 4.90 Å². The van der Waals surface area contributed by atoms with E-state index in [0.29, 0.717) is 19.3 Å². The molecule has 2 rings (SSSR count). The Morgan fingerprint density at radius 3 is 2.33 bits per heavy atom. The maximum atomic E-state index is 13.1. The van der Waals surface area contributed by atoms with Crippen LogP contribution in [0.15, 0.2) is 28.7 Å². The van der Waals surface area contributed by atoms with Crippen LogP contribution in [-0.2, 0) is 9.59 Å². The van der Waals surface area contributed by atoms with Gasteiger partial charge in [0.1, 0.15) is 11.6 Å². The number of anilines is 1. The number of nitrogens with one attached hydrogen (secondary N) is 1. The van der Waals surface area contributed by atoms with Gasteiger partial charge in [-0.2, -0.15) is 0 Å². The first-order valence-electron chi connectivity index (χ1n) is 7.41. The molecular weight excluding hydrogens is 332 g/mol. The van der Waals surface area contributed by atoms with Gasteiger partial charge in [0, 0.05) is 4.47 Å². The average molecular weight is 353 g/mol. The molecule has 1 saturated heterocycles. The zero-order valence-corrected chi connectivity index (χ0v) is 14.2. The van der Waals surface area contributed by atoms with Crippen LogP contribution < -0.4 is 10.2 Å². The Labute approximate surface area is 134 Å². The molecule has 0 aliphatic carbocycles. The molecular formula is C16H21BrN2O2. The van der Waals surface area contributed by atoms with Crippen LogP contribution in [-0.4, -0.2) is 23.4 Å². The minimum absolute atomic E-state index is 0.0224. The van der Waals surface area contributed by atoms with E-state index in [1.807, 2.05) is 45.0 Å². The van der Waals surface area contributed by atoms with Gasteiger partial charge in [-0.05, 0) is 47.3 Å². The number of amides is 2. The highest BCUT2D eigenvalue weighted by atomic mass is 79.9. The average Bonchev–Trinajstić information content (AvgIpc) is 2.50. The van der Waals surface area contributed by atoms with Crippen LogP contribution in [0.4, 0.5) is 5.69 Å². The fourth-order valence-electron chi connectivity index (χ4n) is 2.88. The fraction of sp³-hybridized carbons (Fsp3) is 0.500. The largest absolute Gasteiger partial charge is 0.340 e. The van der Waals surface area contributed by atoms with Gasteiger partial charge < -0.3 is 5.32 Å². The lowest BCUT2D eigenvalue weighted by Crippen LogP contribution is -2.70. The second-order valence-corrected chi connectivity index (χ2v) is 6.18. The predicted molar refractivity (Wildman–Crippen MR) is 87.2 cm³/mol. The fourth-order valence-corrected chi connectivity index (χ4v) is 3.36. The Bertz CT molecular complexity index is 555. The monoisotopic (exact) mass is 352 g/mol. The summed E-state index contributed by atoms with van der Waals surface area (Å²) in [5, 5.41) is 2.95. The maximum Gasteiger partial charge on any atom is 0.253 e. The molecule has 1 fully saturated rings. The number of benzene rings is 1. The van der Waals surface area contributed by atoms with Gasteiger partial charge in [-0.15, -0.1) is 0 Å². The summed E-state index contributed by atoms with van der Waals surface area (Å²) in [6.07, 6.45) is 1.76. The van der Waals surface area contributed by atoms with Gasteiger partial charge in [0.25, 0.3) is 5.91 Å². The molecule has 0 spiro atoms. The third-order valence-corrected chi connectivity index (χ3v) is 4.98. The van der Waals surface area contributed by atoms with Gasteiger partial charge in [-0.1, -0.05) is 32.9 Å². The van der Waals surface area contributed by atoms with Crippen molar-refractivity contribution in [2.24, 2.45) is 0 Å². The van der Waals surface area contributed by atoms with Gasteiger partial charge in [0.15, 0.2) is 0 Å². The highest BCUT2D eigenvalue weighted by Crippen LogP contribution is 2.34. The quantitative estimate of drug-likeness (QED) is 0.903. The molecule has 0 saturated carbocycles. The molecule has 4 nitrogen and oxygen atoms in total. The minimum atomic E-state index is -0.794. The van der Waals surface area contributed by atoms with Crippen LogP contribution in [0.25, 0.3) is 0 Å². The van der Waals surface area contributed by atoms with Crippen molar-refractivity contribution >= 4 is 33.4 Å². The maximum absolute atomic E-state index is 13.1. The van der Waals surface area contributed by atoms with Crippen molar-refractivity contribution in [3.05, 3.63) is 28.7 Å². The summed E-state index contributed by atoms with van der Waals surface area (Å²) >= 11 is 3.49. The van der Waals surface area contributed by atoms with E-state index in [2.05, 4.69) is 21.2 Å². The highest BCUT2D eigenvalue weighted by molar-refractivity contribution is 9.10. The minimum Gasteiger partial charge on any atom is -0.340 e. The van der Waals surface area contributed by atoms with E-state index in [1.165, 1.54) is 0 Å². The summed E-state index contributed by atoms with van der Waals surface area (Å²) in [7, 11) is 0. The lowest BCUT2D eigenvalue weighted by Gasteiger charge is -2.45. The van der Waals surface area contributed by atoms with Crippen LogP contribution in [0.5, 0.6) is 0 Å². The van der Waals surface area contributed by atoms with Crippen LogP contribution in [0.1, 0.15) is 40.0 Å². The number of rotatable bonds is 4. The van der Waals surface area contributed by atoms with Crippen LogP contribution >= 0.6 is 15.9 Å².